The molecule has 7 heteroatoms. The lowest BCUT2D eigenvalue weighted by Crippen LogP contribution is -2.00. The minimum atomic E-state index is -0.498. The third-order valence-corrected chi connectivity index (χ3v) is 3.80. The molecule has 114 valence electrons. The molecule has 1 aliphatic heterocycles. The molecule has 0 spiro atoms. The van der Waals surface area contributed by atoms with Gasteiger partial charge in [-0.15, -0.1) is 11.3 Å². The molecule has 2 aromatic rings. The van der Waals surface area contributed by atoms with Gasteiger partial charge >= 0.3 is 5.97 Å². The average Bonchev–Trinajstić information content (AvgIpc) is 3.16. The topological polar surface area (TPSA) is 81.8 Å². The summed E-state index contributed by atoms with van der Waals surface area (Å²) in [5.41, 5.74) is 1.01. The van der Waals surface area contributed by atoms with Crippen LogP contribution in [-0.4, -0.2) is 16.8 Å². The standard InChI is InChI=1S/C16H10N2O4S/c19-16-14(10-13-2-1-9-23-13)17-15(22-16)8-5-11-3-6-12(7-4-11)18(20)21/h1-10H/b8-5+,14-10-. The monoisotopic (exact) mass is 326 g/mol. The van der Waals surface area contributed by atoms with E-state index in [-0.39, 0.29) is 17.3 Å². The van der Waals surface area contributed by atoms with E-state index >= 15 is 0 Å². The molecule has 1 aromatic heterocycles. The van der Waals surface area contributed by atoms with Crippen molar-refractivity contribution in [1.82, 2.24) is 0 Å². The van der Waals surface area contributed by atoms with Crippen molar-refractivity contribution in [3.8, 4) is 0 Å². The number of benzene rings is 1. The van der Waals surface area contributed by atoms with Crippen LogP contribution in [0.15, 0.2) is 58.5 Å². The van der Waals surface area contributed by atoms with Gasteiger partial charge in [-0.3, -0.25) is 10.1 Å². The van der Waals surface area contributed by atoms with Crippen molar-refractivity contribution >= 4 is 41.0 Å². The maximum absolute atomic E-state index is 11.7. The van der Waals surface area contributed by atoms with Crippen LogP contribution in [0.2, 0.25) is 0 Å². The van der Waals surface area contributed by atoms with Crippen molar-refractivity contribution in [2.24, 2.45) is 4.99 Å². The summed E-state index contributed by atoms with van der Waals surface area (Å²) < 4.78 is 5.06. The lowest BCUT2D eigenvalue weighted by atomic mass is 10.2. The average molecular weight is 326 g/mol. The van der Waals surface area contributed by atoms with E-state index < -0.39 is 10.9 Å². The van der Waals surface area contributed by atoms with E-state index in [2.05, 4.69) is 4.99 Å². The number of ether oxygens (including phenoxy) is 1. The first-order chi connectivity index (χ1) is 11.1. The SMILES string of the molecule is O=C1OC(/C=C/c2ccc([N+](=O)[O-])cc2)=NC/1=C\c1cccs1. The van der Waals surface area contributed by atoms with Gasteiger partial charge in [-0.05, 0) is 41.3 Å². The molecule has 0 bridgehead atoms. The second-order valence-corrected chi connectivity index (χ2v) is 5.55. The van der Waals surface area contributed by atoms with Gasteiger partial charge < -0.3 is 4.74 Å². The second kappa shape index (κ2) is 6.37. The van der Waals surface area contributed by atoms with Crippen LogP contribution in [-0.2, 0) is 9.53 Å². The van der Waals surface area contributed by atoms with Crippen molar-refractivity contribution in [2.45, 2.75) is 0 Å². The number of non-ortho nitro benzene ring substituents is 1. The molecule has 1 aliphatic rings. The first kappa shape index (κ1) is 14.9. The van der Waals surface area contributed by atoms with Crippen molar-refractivity contribution in [1.29, 1.82) is 0 Å². The summed E-state index contributed by atoms with van der Waals surface area (Å²) in [6.45, 7) is 0. The Labute approximate surface area is 135 Å². The molecule has 0 unspecified atom stereocenters. The molecule has 1 aromatic carbocycles. The van der Waals surface area contributed by atoms with E-state index in [1.54, 1.807) is 30.4 Å². The van der Waals surface area contributed by atoms with Gasteiger partial charge in [0.15, 0.2) is 5.70 Å². The summed E-state index contributed by atoms with van der Waals surface area (Å²) in [5, 5.41) is 12.5. The molecular formula is C16H10N2O4S. The van der Waals surface area contributed by atoms with Crippen molar-refractivity contribution in [2.75, 3.05) is 0 Å². The van der Waals surface area contributed by atoms with Gasteiger partial charge in [-0.25, -0.2) is 9.79 Å². The highest BCUT2D eigenvalue weighted by Crippen LogP contribution is 2.19. The number of carbonyl (C=O) groups is 1. The summed E-state index contributed by atoms with van der Waals surface area (Å²) in [7, 11) is 0. The van der Waals surface area contributed by atoms with Gasteiger partial charge in [-0.2, -0.15) is 0 Å². The Morgan fingerprint density at radius 2 is 1.96 bits per heavy atom. The predicted molar refractivity (Wildman–Crippen MR) is 88.0 cm³/mol. The molecule has 0 saturated heterocycles. The van der Waals surface area contributed by atoms with E-state index in [1.165, 1.54) is 23.5 Å². The van der Waals surface area contributed by atoms with E-state index in [9.17, 15) is 14.9 Å². The van der Waals surface area contributed by atoms with Crippen LogP contribution in [0.4, 0.5) is 5.69 Å². The fourth-order valence-corrected chi connectivity index (χ4v) is 2.53. The highest BCUT2D eigenvalue weighted by atomic mass is 32.1. The van der Waals surface area contributed by atoms with Crippen LogP contribution >= 0.6 is 11.3 Å². The molecule has 0 fully saturated rings. The molecule has 0 atom stereocenters. The fourth-order valence-electron chi connectivity index (χ4n) is 1.88. The molecule has 3 rings (SSSR count). The lowest BCUT2D eigenvalue weighted by Gasteiger charge is -1.94. The zero-order chi connectivity index (χ0) is 16.2. The number of nitro groups is 1. The van der Waals surface area contributed by atoms with Gasteiger partial charge in [0.2, 0.25) is 5.90 Å². The van der Waals surface area contributed by atoms with E-state index in [1.807, 2.05) is 17.5 Å². The third-order valence-electron chi connectivity index (χ3n) is 2.98. The molecule has 0 saturated carbocycles. The molecular weight excluding hydrogens is 316 g/mol. The molecule has 0 radical (unpaired) electrons. The number of hydrogen-bond acceptors (Lipinski definition) is 6. The number of nitrogens with zero attached hydrogens (tertiary/aromatic N) is 2. The van der Waals surface area contributed by atoms with E-state index in [4.69, 9.17) is 4.74 Å². The van der Waals surface area contributed by atoms with Crippen molar-refractivity contribution in [3.05, 3.63) is 74.1 Å². The van der Waals surface area contributed by atoms with Crippen LogP contribution in [0.1, 0.15) is 10.4 Å². The maximum atomic E-state index is 11.7. The van der Waals surface area contributed by atoms with Crippen LogP contribution < -0.4 is 0 Å². The highest BCUT2D eigenvalue weighted by Gasteiger charge is 2.21. The molecule has 23 heavy (non-hydrogen) atoms. The normalized spacial score (nSPS) is 15.9. The smallest absolute Gasteiger partial charge is 0.363 e. The van der Waals surface area contributed by atoms with Gasteiger partial charge in [0, 0.05) is 23.1 Å². The lowest BCUT2D eigenvalue weighted by molar-refractivity contribution is -0.384. The van der Waals surface area contributed by atoms with E-state index in [0.717, 1.165) is 10.4 Å². The van der Waals surface area contributed by atoms with Gasteiger partial charge in [0.05, 0.1) is 4.92 Å². The van der Waals surface area contributed by atoms with Crippen LogP contribution in [0.25, 0.3) is 12.2 Å². The number of rotatable bonds is 4. The number of thiophene rings is 1. The largest absolute Gasteiger partial charge is 0.403 e. The van der Waals surface area contributed by atoms with Gasteiger partial charge in [0.25, 0.3) is 5.69 Å². The minimum Gasteiger partial charge on any atom is -0.403 e. The number of nitro benzene ring substituents is 1. The molecule has 0 N–H and O–H groups in total. The first-order valence-electron chi connectivity index (χ1n) is 6.60. The summed E-state index contributed by atoms with van der Waals surface area (Å²) in [6, 6.07) is 9.79. The van der Waals surface area contributed by atoms with Crippen LogP contribution in [0.3, 0.4) is 0 Å². The summed E-state index contributed by atoms with van der Waals surface area (Å²) in [5.74, 6) is -0.307. The zero-order valence-electron chi connectivity index (χ0n) is 11.7. The molecule has 0 amide bonds. The molecule has 6 nitrogen and oxygen atoms in total. The quantitative estimate of drug-likeness (QED) is 0.371. The Morgan fingerprint density at radius 1 is 1.17 bits per heavy atom. The Bertz CT molecular complexity index is 833. The zero-order valence-corrected chi connectivity index (χ0v) is 12.5. The Kier molecular flexibility index (Phi) is 4.11. The number of carbonyl (C=O) groups excluding carboxylic acids is 1. The number of aliphatic imine (C=N–C) groups is 1. The Morgan fingerprint density at radius 3 is 2.61 bits per heavy atom. The van der Waals surface area contributed by atoms with Gasteiger partial charge in [0.1, 0.15) is 0 Å². The predicted octanol–water partition coefficient (Wildman–Crippen LogP) is 3.67. The molecule has 2 heterocycles. The van der Waals surface area contributed by atoms with Gasteiger partial charge in [-0.1, -0.05) is 6.07 Å². The van der Waals surface area contributed by atoms with Crippen LogP contribution in [0.5, 0.6) is 0 Å². The maximum Gasteiger partial charge on any atom is 0.363 e. The number of cyclic esters (lactones) is 1. The third kappa shape index (κ3) is 3.58. The highest BCUT2D eigenvalue weighted by molar-refractivity contribution is 7.10. The summed E-state index contributed by atoms with van der Waals surface area (Å²) in [4.78, 5) is 26.9. The fraction of sp³-hybridized carbons (Fsp3) is 0. The summed E-state index contributed by atoms with van der Waals surface area (Å²) in [6.07, 6.45) is 4.89. The van der Waals surface area contributed by atoms with Crippen molar-refractivity contribution < 1.29 is 14.5 Å². The first-order valence-corrected chi connectivity index (χ1v) is 7.48. The van der Waals surface area contributed by atoms with E-state index in [0.29, 0.717) is 0 Å². The Balaban J connectivity index is 1.75. The number of esters is 1. The molecule has 0 aliphatic carbocycles. The minimum absolute atomic E-state index is 0.0213. The Hall–Kier alpha value is -3.06. The summed E-state index contributed by atoms with van der Waals surface area (Å²) >= 11 is 1.50. The van der Waals surface area contributed by atoms with Crippen LogP contribution in [0, 0.1) is 10.1 Å². The number of hydrogen-bond donors (Lipinski definition) is 0. The second-order valence-electron chi connectivity index (χ2n) is 4.57. The van der Waals surface area contributed by atoms with Crippen molar-refractivity contribution in [3.63, 3.8) is 0 Å².